The van der Waals surface area contributed by atoms with Crippen LogP contribution in [0.4, 0.5) is 5.13 Å². The Morgan fingerprint density at radius 1 is 1.43 bits per heavy atom. The van der Waals surface area contributed by atoms with Crippen molar-refractivity contribution in [2.75, 3.05) is 24.6 Å². The minimum absolute atomic E-state index is 0.0797. The highest BCUT2D eigenvalue weighted by atomic mass is 35.5. The first-order valence-corrected chi connectivity index (χ1v) is 10.6. The fraction of sp³-hybridized carbons (Fsp3) is 0.421. The van der Waals surface area contributed by atoms with E-state index < -0.39 is 12.1 Å². The summed E-state index contributed by atoms with van der Waals surface area (Å²) in [5, 5.41) is 13.3. The molecule has 160 valence electrons. The number of terminal acetylenes is 1. The van der Waals surface area contributed by atoms with Crippen LogP contribution in [-0.4, -0.2) is 58.8 Å². The third kappa shape index (κ3) is 4.57. The first-order chi connectivity index (χ1) is 14.2. The lowest BCUT2D eigenvalue weighted by molar-refractivity contribution is 0.0380. The van der Waals surface area contributed by atoms with Crippen molar-refractivity contribution in [1.82, 2.24) is 15.3 Å². The highest BCUT2D eigenvalue weighted by Gasteiger charge is 2.34. The average molecular weight is 471 g/mol. The van der Waals surface area contributed by atoms with Gasteiger partial charge in [0, 0.05) is 18.8 Å². The number of ether oxygens (including phenoxy) is 1. The number of carbonyl (C=O) groups excluding carboxylic acids is 1. The summed E-state index contributed by atoms with van der Waals surface area (Å²) in [5.41, 5.74) is 1.27. The number of carbonyl (C=O) groups is 2. The predicted octanol–water partition coefficient (Wildman–Crippen LogP) is 3.12. The van der Waals surface area contributed by atoms with Crippen LogP contribution in [0.2, 0.25) is 10.0 Å². The van der Waals surface area contributed by atoms with Crippen molar-refractivity contribution in [1.29, 1.82) is 0 Å². The van der Waals surface area contributed by atoms with Crippen LogP contribution >= 0.6 is 34.5 Å². The van der Waals surface area contributed by atoms with Gasteiger partial charge in [-0.15, -0.1) is 6.42 Å². The maximum atomic E-state index is 12.7. The second-order valence-electron chi connectivity index (χ2n) is 6.84. The number of piperidine rings is 1. The Bertz CT molecular complexity index is 1010. The van der Waals surface area contributed by atoms with Gasteiger partial charge >= 0.3 is 5.97 Å². The average Bonchev–Trinajstić information content (AvgIpc) is 3.22. The highest BCUT2D eigenvalue weighted by Crippen LogP contribution is 2.31. The van der Waals surface area contributed by atoms with Gasteiger partial charge in [0.05, 0.1) is 27.9 Å². The molecule has 2 aromatic rings. The lowest BCUT2D eigenvalue weighted by Gasteiger charge is -2.38. The number of carboxylic acid groups (broad SMARTS) is 1. The number of carboxylic acids is 1. The van der Waals surface area contributed by atoms with Crippen LogP contribution in [0.1, 0.15) is 38.0 Å². The number of H-pyrrole nitrogens is 1. The molecule has 3 rings (SSSR count). The fourth-order valence-electron chi connectivity index (χ4n) is 3.26. The van der Waals surface area contributed by atoms with E-state index in [1.54, 1.807) is 13.8 Å². The summed E-state index contributed by atoms with van der Waals surface area (Å²) >= 11 is 13.3. The number of hydrogen-bond acceptors (Lipinski definition) is 6. The molecule has 1 amide bonds. The molecule has 3 N–H and O–H groups in total. The van der Waals surface area contributed by atoms with Crippen LogP contribution in [0.3, 0.4) is 0 Å². The molecule has 1 fully saturated rings. The van der Waals surface area contributed by atoms with Gasteiger partial charge in [0.1, 0.15) is 17.2 Å². The molecular weight excluding hydrogens is 451 g/mol. The maximum absolute atomic E-state index is 12.7. The van der Waals surface area contributed by atoms with Crippen molar-refractivity contribution in [2.45, 2.75) is 32.4 Å². The zero-order chi connectivity index (χ0) is 22.0. The van der Waals surface area contributed by atoms with E-state index in [4.69, 9.17) is 34.4 Å². The Hall–Kier alpha value is -2.25. The summed E-state index contributed by atoms with van der Waals surface area (Å²) in [6.45, 7) is 4.43. The first kappa shape index (κ1) is 22.4. The lowest BCUT2D eigenvalue weighted by Crippen LogP contribution is -2.55. The van der Waals surface area contributed by atoms with Gasteiger partial charge < -0.3 is 25.0 Å². The third-order valence-corrected chi connectivity index (χ3v) is 6.94. The van der Waals surface area contributed by atoms with E-state index >= 15 is 0 Å². The highest BCUT2D eigenvalue weighted by molar-refractivity contribution is 7.17. The summed E-state index contributed by atoms with van der Waals surface area (Å²) in [5.74, 6) is 1.04. The molecule has 1 aliphatic rings. The van der Waals surface area contributed by atoms with Crippen LogP contribution in [-0.2, 0) is 4.74 Å². The van der Waals surface area contributed by atoms with E-state index in [2.05, 4.69) is 21.2 Å². The van der Waals surface area contributed by atoms with Gasteiger partial charge in [-0.25, -0.2) is 9.78 Å². The lowest BCUT2D eigenvalue weighted by atomic mass is 10.0. The van der Waals surface area contributed by atoms with Gasteiger partial charge in [-0.05, 0) is 20.3 Å². The molecule has 0 radical (unpaired) electrons. The summed E-state index contributed by atoms with van der Waals surface area (Å²) in [4.78, 5) is 33.4. The van der Waals surface area contributed by atoms with E-state index in [9.17, 15) is 14.7 Å². The van der Waals surface area contributed by atoms with Gasteiger partial charge in [-0.3, -0.25) is 4.79 Å². The van der Waals surface area contributed by atoms with Gasteiger partial charge in [-0.1, -0.05) is 40.5 Å². The third-order valence-electron chi connectivity index (χ3n) is 4.79. The molecule has 11 heteroatoms. The number of hydrogen-bond donors (Lipinski definition) is 3. The van der Waals surface area contributed by atoms with Crippen LogP contribution < -0.4 is 10.2 Å². The molecule has 0 spiro atoms. The minimum Gasteiger partial charge on any atom is -0.477 e. The number of aromatic nitrogens is 2. The van der Waals surface area contributed by atoms with Crippen LogP contribution in [0.25, 0.3) is 0 Å². The molecule has 1 aliphatic heterocycles. The number of aromatic carboxylic acids is 1. The maximum Gasteiger partial charge on any atom is 0.347 e. The Morgan fingerprint density at radius 2 is 2.17 bits per heavy atom. The number of halogens is 2. The number of aromatic amines is 1. The molecule has 0 aromatic carbocycles. The summed E-state index contributed by atoms with van der Waals surface area (Å²) in [7, 11) is 0. The zero-order valence-corrected chi connectivity index (χ0v) is 18.6. The van der Waals surface area contributed by atoms with E-state index in [0.717, 1.165) is 11.3 Å². The first-order valence-electron chi connectivity index (χ1n) is 9.08. The quantitative estimate of drug-likeness (QED) is 0.559. The minimum atomic E-state index is -1.00. The van der Waals surface area contributed by atoms with E-state index in [0.29, 0.717) is 41.1 Å². The van der Waals surface area contributed by atoms with Crippen molar-refractivity contribution in [2.24, 2.45) is 0 Å². The number of nitrogens with zero attached hydrogens (tertiary/aromatic N) is 2. The molecule has 2 atom stereocenters. The number of rotatable bonds is 6. The Balaban J connectivity index is 1.75. The van der Waals surface area contributed by atoms with Gasteiger partial charge in [0.2, 0.25) is 0 Å². The summed E-state index contributed by atoms with van der Waals surface area (Å²) < 4.78 is 5.78. The Morgan fingerprint density at radius 3 is 2.73 bits per heavy atom. The molecule has 2 aromatic heterocycles. The molecule has 2 unspecified atom stereocenters. The van der Waals surface area contributed by atoms with Gasteiger partial charge in [0.15, 0.2) is 5.13 Å². The number of nitrogens with one attached hydrogen (secondary N) is 2. The molecule has 1 saturated heterocycles. The number of anilines is 1. The van der Waals surface area contributed by atoms with E-state index in [1.807, 2.05) is 4.90 Å². The zero-order valence-electron chi connectivity index (χ0n) is 16.3. The second-order valence-corrected chi connectivity index (χ2v) is 8.57. The Labute approximate surface area is 187 Å². The van der Waals surface area contributed by atoms with Crippen LogP contribution in [0, 0.1) is 26.2 Å². The molecule has 0 bridgehead atoms. The van der Waals surface area contributed by atoms with Gasteiger partial charge in [0.25, 0.3) is 5.91 Å². The van der Waals surface area contributed by atoms with Crippen LogP contribution in [0.15, 0.2) is 0 Å². The largest absolute Gasteiger partial charge is 0.477 e. The van der Waals surface area contributed by atoms with E-state index in [1.165, 1.54) is 0 Å². The number of thiazole rings is 1. The molecule has 8 nitrogen and oxygen atoms in total. The SMILES string of the molecule is C#CCOC1CN(c2nc(C)c(C(=O)O)s2)CCC1NC(=O)c1[nH]c(C)c(Cl)c1Cl. The smallest absolute Gasteiger partial charge is 0.347 e. The summed E-state index contributed by atoms with van der Waals surface area (Å²) in [6, 6.07) is -0.319. The van der Waals surface area contributed by atoms with E-state index in [-0.39, 0.29) is 34.1 Å². The second kappa shape index (κ2) is 9.27. The van der Waals surface area contributed by atoms with Crippen molar-refractivity contribution < 1.29 is 19.4 Å². The van der Waals surface area contributed by atoms with Crippen molar-refractivity contribution in [3.8, 4) is 12.3 Å². The standard InChI is InChI=1S/C19H20Cl2N4O4S/c1-4-7-29-12-8-25(19-23-10(3)16(30-19)18(27)28)6-5-11(12)24-17(26)15-14(21)13(20)9(2)22-15/h1,11-12,22H,5-8H2,2-3H3,(H,24,26)(H,27,28). The molecule has 0 aliphatic carbocycles. The number of aryl methyl sites for hydroxylation is 2. The number of amides is 1. The molecule has 0 saturated carbocycles. The monoisotopic (exact) mass is 470 g/mol. The Kier molecular flexibility index (Phi) is 6.93. The summed E-state index contributed by atoms with van der Waals surface area (Å²) in [6.07, 6.45) is 5.47. The van der Waals surface area contributed by atoms with Crippen molar-refractivity contribution in [3.05, 3.63) is 32.0 Å². The van der Waals surface area contributed by atoms with Gasteiger partial charge in [-0.2, -0.15) is 0 Å². The molecule has 3 heterocycles. The topological polar surface area (TPSA) is 108 Å². The predicted molar refractivity (Wildman–Crippen MR) is 116 cm³/mol. The fourth-order valence-corrected chi connectivity index (χ4v) is 4.62. The van der Waals surface area contributed by atoms with Crippen molar-refractivity contribution in [3.63, 3.8) is 0 Å². The normalized spacial score (nSPS) is 18.8. The van der Waals surface area contributed by atoms with Crippen LogP contribution in [0.5, 0.6) is 0 Å². The molecule has 30 heavy (non-hydrogen) atoms. The van der Waals surface area contributed by atoms with Crippen molar-refractivity contribution >= 4 is 51.5 Å². The molecular formula is C19H20Cl2N4O4S.